The van der Waals surface area contributed by atoms with Crippen molar-refractivity contribution in [1.82, 2.24) is 0 Å². The summed E-state index contributed by atoms with van der Waals surface area (Å²) < 4.78 is 68.4. The first-order valence-electron chi connectivity index (χ1n) is 38.3. The molecule has 0 bridgehead atoms. The van der Waals surface area contributed by atoms with Crippen LogP contribution in [-0.2, 0) is 65.4 Å². The monoisotopic (exact) mass is 1370 g/mol. The number of hydrogen-bond donors (Lipinski definition) is 3. The first-order chi connectivity index (χ1) is 44.7. The third kappa shape index (κ3) is 68.4. The topological polar surface area (TPSA) is 237 Å². The summed E-state index contributed by atoms with van der Waals surface area (Å²) in [5, 5.41) is 10.6. The minimum atomic E-state index is -4.96. The van der Waals surface area contributed by atoms with Crippen molar-refractivity contribution in [2.45, 2.75) is 394 Å². The summed E-state index contributed by atoms with van der Waals surface area (Å²) in [6, 6.07) is 0. The van der Waals surface area contributed by atoms with Gasteiger partial charge in [0.2, 0.25) is 0 Å². The molecule has 552 valence electrons. The van der Waals surface area contributed by atoms with Crippen molar-refractivity contribution in [3.05, 3.63) is 0 Å². The van der Waals surface area contributed by atoms with Crippen LogP contribution in [0.2, 0.25) is 0 Å². The molecule has 17 nitrogen and oxygen atoms in total. The predicted molar refractivity (Wildman–Crippen MR) is 377 cm³/mol. The summed E-state index contributed by atoms with van der Waals surface area (Å²) >= 11 is 0. The van der Waals surface area contributed by atoms with Crippen LogP contribution < -0.4 is 0 Å². The molecule has 0 heterocycles. The Labute approximate surface area is 568 Å². The lowest BCUT2D eigenvalue weighted by molar-refractivity contribution is -0.161. The van der Waals surface area contributed by atoms with Crippen molar-refractivity contribution in [1.29, 1.82) is 0 Å². The quantitative estimate of drug-likeness (QED) is 0.0222. The van der Waals surface area contributed by atoms with E-state index in [9.17, 15) is 43.2 Å². The Hall–Kier alpha value is -1.94. The molecule has 0 aromatic carbocycles. The molecule has 0 spiro atoms. The summed E-state index contributed by atoms with van der Waals surface area (Å²) in [5.41, 5.74) is 0. The highest BCUT2D eigenvalue weighted by atomic mass is 31.2. The van der Waals surface area contributed by atoms with E-state index in [2.05, 4.69) is 48.5 Å². The van der Waals surface area contributed by atoms with Gasteiger partial charge in [-0.1, -0.05) is 325 Å². The fourth-order valence-electron chi connectivity index (χ4n) is 11.2. The van der Waals surface area contributed by atoms with Crippen LogP contribution in [-0.4, -0.2) is 96.7 Å². The van der Waals surface area contributed by atoms with E-state index in [0.717, 1.165) is 108 Å². The smallest absolute Gasteiger partial charge is 0.462 e. The van der Waals surface area contributed by atoms with Crippen molar-refractivity contribution in [3.8, 4) is 0 Å². The van der Waals surface area contributed by atoms with Gasteiger partial charge in [0.25, 0.3) is 0 Å². The lowest BCUT2D eigenvalue weighted by Gasteiger charge is -2.21. The zero-order chi connectivity index (χ0) is 68.7. The van der Waals surface area contributed by atoms with E-state index in [1.807, 2.05) is 0 Å². The Balaban J connectivity index is 5.24. The number of rotatable bonds is 72. The SMILES string of the molecule is CCCCCCCCCCCC(=O)OC[C@H](COP(=O)(O)OC[C@H](O)COP(=O)(O)OC[C@@H](COC(=O)CCCCCCCCCCCCCCC(C)C)OC(=O)CCCCCCCCCCCCCCCC(C)C)OC(=O)CCCCCCCCCCCCC(C)C. The average molecular weight is 1370 g/mol. The second-order valence-corrected chi connectivity index (χ2v) is 31.0. The Morgan fingerprint density at radius 1 is 0.290 bits per heavy atom. The molecule has 0 aliphatic carbocycles. The molecule has 0 amide bonds. The van der Waals surface area contributed by atoms with Crippen LogP contribution in [0.3, 0.4) is 0 Å². The van der Waals surface area contributed by atoms with Gasteiger partial charge in [-0.15, -0.1) is 0 Å². The van der Waals surface area contributed by atoms with Crippen molar-refractivity contribution < 1.29 is 80.2 Å². The highest BCUT2D eigenvalue weighted by Gasteiger charge is 2.30. The van der Waals surface area contributed by atoms with Crippen LogP contribution in [0.5, 0.6) is 0 Å². The number of unbranched alkanes of at least 4 members (excludes halogenated alkanes) is 40. The van der Waals surface area contributed by atoms with Gasteiger partial charge >= 0.3 is 39.5 Å². The number of phosphoric acid groups is 2. The molecule has 0 fully saturated rings. The molecule has 0 aromatic heterocycles. The predicted octanol–water partition coefficient (Wildman–Crippen LogP) is 21.4. The summed E-state index contributed by atoms with van der Waals surface area (Å²) in [4.78, 5) is 72.7. The van der Waals surface area contributed by atoms with E-state index in [1.165, 1.54) is 186 Å². The molecule has 2 unspecified atom stereocenters. The van der Waals surface area contributed by atoms with E-state index < -0.39 is 97.5 Å². The van der Waals surface area contributed by atoms with E-state index in [-0.39, 0.29) is 25.7 Å². The summed E-state index contributed by atoms with van der Waals surface area (Å²) in [7, 11) is -9.91. The number of aliphatic hydroxyl groups excluding tert-OH is 1. The molecule has 93 heavy (non-hydrogen) atoms. The second-order valence-electron chi connectivity index (χ2n) is 28.1. The van der Waals surface area contributed by atoms with E-state index in [4.69, 9.17) is 37.0 Å². The maximum Gasteiger partial charge on any atom is 0.472 e. The van der Waals surface area contributed by atoms with Gasteiger partial charge in [0.1, 0.15) is 19.3 Å². The van der Waals surface area contributed by atoms with Crippen LogP contribution in [0.4, 0.5) is 0 Å². The first-order valence-corrected chi connectivity index (χ1v) is 41.3. The van der Waals surface area contributed by atoms with Gasteiger partial charge in [0, 0.05) is 25.7 Å². The average Bonchev–Trinajstić information content (AvgIpc) is 1.79. The molecular formula is C74H144O17P2. The Kier molecular flexibility index (Phi) is 63.4. The lowest BCUT2D eigenvalue weighted by atomic mass is 10.0. The molecule has 5 atom stereocenters. The Morgan fingerprint density at radius 3 is 0.731 bits per heavy atom. The minimum absolute atomic E-state index is 0.106. The van der Waals surface area contributed by atoms with Crippen LogP contribution in [0.25, 0.3) is 0 Å². The van der Waals surface area contributed by atoms with Gasteiger partial charge < -0.3 is 33.8 Å². The number of hydrogen-bond acceptors (Lipinski definition) is 15. The van der Waals surface area contributed by atoms with Crippen molar-refractivity contribution in [2.24, 2.45) is 17.8 Å². The molecule has 0 radical (unpaired) electrons. The summed E-state index contributed by atoms with van der Waals surface area (Å²) in [6.45, 7) is 11.9. The molecule has 0 saturated carbocycles. The molecule has 0 aliphatic heterocycles. The van der Waals surface area contributed by atoms with E-state index >= 15 is 0 Å². The van der Waals surface area contributed by atoms with Crippen molar-refractivity contribution in [3.63, 3.8) is 0 Å². The highest BCUT2D eigenvalue weighted by Crippen LogP contribution is 2.45. The normalized spacial score (nSPS) is 14.1. The van der Waals surface area contributed by atoms with E-state index in [1.54, 1.807) is 0 Å². The molecular weight excluding hydrogens is 1220 g/mol. The maximum atomic E-state index is 13.1. The zero-order valence-corrected chi connectivity index (χ0v) is 62.5. The zero-order valence-electron chi connectivity index (χ0n) is 60.7. The third-order valence-corrected chi connectivity index (χ3v) is 19.0. The van der Waals surface area contributed by atoms with Crippen LogP contribution in [0.1, 0.15) is 376 Å². The maximum absolute atomic E-state index is 13.1. The molecule has 0 rings (SSSR count). The van der Waals surface area contributed by atoms with Crippen LogP contribution >= 0.6 is 15.6 Å². The van der Waals surface area contributed by atoms with Gasteiger partial charge in [-0.25, -0.2) is 9.13 Å². The Bertz CT molecular complexity index is 1820. The highest BCUT2D eigenvalue weighted by molar-refractivity contribution is 7.47. The number of ether oxygens (including phenoxy) is 4. The molecule has 0 aromatic rings. The van der Waals surface area contributed by atoms with Gasteiger partial charge in [-0.05, 0) is 43.4 Å². The Morgan fingerprint density at radius 2 is 0.495 bits per heavy atom. The van der Waals surface area contributed by atoms with Gasteiger partial charge in [-0.2, -0.15) is 0 Å². The molecule has 0 saturated heterocycles. The first kappa shape index (κ1) is 91.1. The molecule has 3 N–H and O–H groups in total. The number of esters is 4. The van der Waals surface area contributed by atoms with Crippen molar-refractivity contribution >= 4 is 39.5 Å². The minimum Gasteiger partial charge on any atom is -0.462 e. The summed E-state index contributed by atoms with van der Waals surface area (Å²) in [6.07, 6.45) is 49.9. The molecule has 19 heteroatoms. The van der Waals surface area contributed by atoms with Crippen LogP contribution in [0.15, 0.2) is 0 Å². The van der Waals surface area contributed by atoms with E-state index in [0.29, 0.717) is 25.7 Å². The van der Waals surface area contributed by atoms with Gasteiger partial charge in [-0.3, -0.25) is 37.3 Å². The lowest BCUT2D eigenvalue weighted by Crippen LogP contribution is -2.30. The summed E-state index contributed by atoms with van der Waals surface area (Å²) in [5.74, 6) is 0.200. The third-order valence-electron chi connectivity index (χ3n) is 17.1. The second kappa shape index (κ2) is 64.7. The fourth-order valence-corrected chi connectivity index (χ4v) is 12.8. The largest absolute Gasteiger partial charge is 0.472 e. The van der Waals surface area contributed by atoms with Gasteiger partial charge in [0.15, 0.2) is 12.2 Å². The standard InChI is InChI=1S/C74H144O17P2/c1-8-9-10-11-12-24-34-41-48-55-71(76)84-61-69(91-74(79)58-51-44-37-30-23-22-27-33-40-47-54-67(6)7)63-88-92(80,81)86-59-68(75)60-87-93(82,83)89-64-70(62-85-72(77)56-49-42-35-28-20-17-16-19-26-32-39-46-53-66(4)5)90-73(78)57-50-43-36-29-21-15-13-14-18-25-31-38-45-52-65(2)3/h65-70,75H,8-64H2,1-7H3,(H,80,81)(H,82,83)/t68-,69+,70+/m0/s1. The number of carbonyl (C=O) groups excluding carboxylic acids is 4. The fraction of sp³-hybridized carbons (Fsp3) is 0.946. The number of carbonyl (C=O) groups is 4. The molecule has 0 aliphatic rings. The van der Waals surface area contributed by atoms with Crippen LogP contribution in [0, 0.1) is 17.8 Å². The number of aliphatic hydroxyl groups is 1. The van der Waals surface area contributed by atoms with Crippen molar-refractivity contribution in [2.75, 3.05) is 39.6 Å². The number of phosphoric ester groups is 2. The van der Waals surface area contributed by atoms with Gasteiger partial charge in [0.05, 0.1) is 26.4 Å².